The third-order valence-electron chi connectivity index (χ3n) is 3.29. The normalized spacial score (nSPS) is 19.3. The van der Waals surface area contributed by atoms with Crippen molar-refractivity contribution in [1.82, 2.24) is 4.90 Å². The Kier molecular flexibility index (Phi) is 4.45. The molecule has 0 radical (unpaired) electrons. The molecule has 0 bridgehead atoms. The van der Waals surface area contributed by atoms with Crippen molar-refractivity contribution in [2.45, 2.75) is 17.9 Å². The zero-order valence-electron chi connectivity index (χ0n) is 10.5. The van der Waals surface area contributed by atoms with Crippen LogP contribution in [0.25, 0.3) is 0 Å². The first kappa shape index (κ1) is 14.7. The molecular formula is C12H15ClFNO3S. The Bertz CT molecular complexity index is 558. The minimum Gasteiger partial charge on any atom is -0.379 e. The molecule has 0 aliphatic carbocycles. The molecule has 19 heavy (non-hydrogen) atoms. The van der Waals surface area contributed by atoms with E-state index in [-0.39, 0.29) is 6.04 Å². The average molecular weight is 308 g/mol. The molecule has 1 aromatic carbocycles. The first-order chi connectivity index (χ1) is 8.89. The van der Waals surface area contributed by atoms with Gasteiger partial charge >= 0.3 is 0 Å². The van der Waals surface area contributed by atoms with E-state index in [1.54, 1.807) is 6.07 Å². The van der Waals surface area contributed by atoms with Gasteiger partial charge in [-0.05, 0) is 24.6 Å². The van der Waals surface area contributed by atoms with Crippen LogP contribution in [0.1, 0.15) is 18.5 Å². The lowest BCUT2D eigenvalue weighted by Crippen LogP contribution is -2.38. The van der Waals surface area contributed by atoms with Gasteiger partial charge in [-0.2, -0.15) is 0 Å². The Hall–Kier alpha value is -0.690. The highest BCUT2D eigenvalue weighted by atomic mass is 35.7. The lowest BCUT2D eigenvalue weighted by molar-refractivity contribution is 0.0198. The Balaban J connectivity index is 2.24. The molecule has 1 aromatic rings. The highest BCUT2D eigenvalue weighted by Gasteiger charge is 2.21. The van der Waals surface area contributed by atoms with Crippen LogP contribution in [-0.2, 0) is 13.8 Å². The van der Waals surface area contributed by atoms with Crippen molar-refractivity contribution in [3.8, 4) is 0 Å². The zero-order valence-corrected chi connectivity index (χ0v) is 12.0. The number of ether oxygens (including phenoxy) is 1. The summed E-state index contributed by atoms with van der Waals surface area (Å²) < 4.78 is 41.3. The van der Waals surface area contributed by atoms with Gasteiger partial charge in [-0.15, -0.1) is 0 Å². The van der Waals surface area contributed by atoms with Crippen LogP contribution < -0.4 is 0 Å². The number of nitrogens with zero attached hydrogens (tertiary/aromatic N) is 1. The fraction of sp³-hybridized carbons (Fsp3) is 0.500. The van der Waals surface area contributed by atoms with Crippen LogP contribution in [0.5, 0.6) is 0 Å². The smallest absolute Gasteiger partial charge is 0.264 e. The van der Waals surface area contributed by atoms with Gasteiger partial charge in [-0.3, -0.25) is 4.90 Å². The van der Waals surface area contributed by atoms with E-state index in [1.807, 2.05) is 6.92 Å². The van der Waals surface area contributed by atoms with E-state index in [2.05, 4.69) is 4.90 Å². The summed E-state index contributed by atoms with van der Waals surface area (Å²) in [7, 11) is 1.11. The number of rotatable bonds is 3. The van der Waals surface area contributed by atoms with Crippen LogP contribution in [0.3, 0.4) is 0 Å². The molecule has 1 aliphatic rings. The number of hydrogen-bond acceptors (Lipinski definition) is 4. The maximum Gasteiger partial charge on any atom is 0.264 e. The Labute approximate surface area is 116 Å². The van der Waals surface area contributed by atoms with Gasteiger partial charge in [0.15, 0.2) is 0 Å². The molecule has 0 spiro atoms. The molecule has 1 aliphatic heterocycles. The lowest BCUT2D eigenvalue weighted by atomic mass is 10.1. The van der Waals surface area contributed by atoms with E-state index in [1.165, 1.54) is 12.1 Å². The predicted octanol–water partition coefficient (Wildman–Crippen LogP) is 2.15. The van der Waals surface area contributed by atoms with E-state index in [4.69, 9.17) is 15.4 Å². The number of hydrogen-bond donors (Lipinski definition) is 0. The highest BCUT2D eigenvalue weighted by molar-refractivity contribution is 8.13. The van der Waals surface area contributed by atoms with Gasteiger partial charge in [0.05, 0.1) is 13.2 Å². The fourth-order valence-corrected chi connectivity index (χ4v) is 3.05. The quantitative estimate of drug-likeness (QED) is 0.803. The van der Waals surface area contributed by atoms with Crippen molar-refractivity contribution in [1.29, 1.82) is 0 Å². The van der Waals surface area contributed by atoms with E-state index >= 15 is 0 Å². The Morgan fingerprint density at radius 3 is 2.53 bits per heavy atom. The summed E-state index contributed by atoms with van der Waals surface area (Å²) in [6, 6.07) is 4.04. The third kappa shape index (κ3) is 3.45. The molecule has 4 nitrogen and oxygen atoms in total. The van der Waals surface area contributed by atoms with Gasteiger partial charge in [-0.25, -0.2) is 12.8 Å². The zero-order chi connectivity index (χ0) is 14.0. The van der Waals surface area contributed by atoms with Crippen LogP contribution in [0, 0.1) is 5.82 Å². The molecular weight excluding hydrogens is 293 g/mol. The summed E-state index contributed by atoms with van der Waals surface area (Å²) in [4.78, 5) is 1.68. The SMILES string of the molecule is CC(c1ccc(S(=O)(=O)Cl)c(F)c1)N1CCOCC1. The van der Waals surface area contributed by atoms with Crippen LogP contribution in [0.15, 0.2) is 23.1 Å². The van der Waals surface area contributed by atoms with Gasteiger partial charge < -0.3 is 4.74 Å². The van der Waals surface area contributed by atoms with Gasteiger partial charge in [0.1, 0.15) is 10.7 Å². The molecule has 1 fully saturated rings. The summed E-state index contributed by atoms with van der Waals surface area (Å²) in [5, 5.41) is 0. The molecule has 0 aromatic heterocycles. The van der Waals surface area contributed by atoms with Crippen LogP contribution in [-0.4, -0.2) is 39.6 Å². The van der Waals surface area contributed by atoms with Gasteiger partial charge in [-0.1, -0.05) is 6.07 Å². The van der Waals surface area contributed by atoms with Crippen molar-refractivity contribution < 1.29 is 17.5 Å². The van der Waals surface area contributed by atoms with E-state index in [0.717, 1.165) is 18.7 Å². The Morgan fingerprint density at radius 1 is 1.37 bits per heavy atom. The highest BCUT2D eigenvalue weighted by Crippen LogP contribution is 2.26. The maximum absolute atomic E-state index is 13.8. The minimum absolute atomic E-state index is 0.00507. The largest absolute Gasteiger partial charge is 0.379 e. The van der Waals surface area contributed by atoms with Crippen LogP contribution >= 0.6 is 10.7 Å². The molecule has 2 rings (SSSR count). The third-order valence-corrected chi connectivity index (χ3v) is 4.65. The van der Waals surface area contributed by atoms with Gasteiger partial charge in [0, 0.05) is 29.8 Å². The molecule has 1 atom stereocenters. The van der Waals surface area contributed by atoms with Crippen LogP contribution in [0.4, 0.5) is 4.39 Å². The topological polar surface area (TPSA) is 46.6 Å². The maximum atomic E-state index is 13.8. The standard InChI is InChI=1S/C12H15ClFNO3S/c1-9(15-4-6-18-7-5-15)10-2-3-12(11(14)8-10)19(13,16)17/h2-3,8-9H,4-7H2,1H3. The van der Waals surface area contributed by atoms with Gasteiger partial charge in [0.25, 0.3) is 9.05 Å². The van der Waals surface area contributed by atoms with Crippen molar-refractivity contribution in [3.05, 3.63) is 29.6 Å². The summed E-state index contributed by atoms with van der Waals surface area (Å²) in [6.07, 6.45) is 0. The molecule has 0 N–H and O–H groups in total. The molecule has 1 heterocycles. The second kappa shape index (κ2) is 5.75. The number of morpholine rings is 1. The van der Waals surface area contributed by atoms with E-state index in [9.17, 15) is 12.8 Å². The summed E-state index contributed by atoms with van der Waals surface area (Å²) in [5.74, 6) is -0.812. The summed E-state index contributed by atoms with van der Waals surface area (Å²) in [6.45, 7) is 4.81. The average Bonchev–Trinajstić information content (AvgIpc) is 2.37. The number of benzene rings is 1. The van der Waals surface area contributed by atoms with E-state index in [0.29, 0.717) is 13.2 Å². The molecule has 7 heteroatoms. The predicted molar refractivity (Wildman–Crippen MR) is 70.2 cm³/mol. The lowest BCUT2D eigenvalue weighted by Gasteiger charge is -2.32. The number of halogens is 2. The second-order valence-electron chi connectivity index (χ2n) is 4.45. The van der Waals surface area contributed by atoms with Crippen molar-refractivity contribution in [2.75, 3.05) is 26.3 Å². The fourth-order valence-electron chi connectivity index (χ4n) is 2.15. The molecule has 106 valence electrons. The molecule has 1 unspecified atom stereocenters. The summed E-state index contributed by atoms with van der Waals surface area (Å²) in [5.41, 5.74) is 0.725. The molecule has 0 saturated carbocycles. The second-order valence-corrected chi connectivity index (χ2v) is 6.99. The summed E-state index contributed by atoms with van der Waals surface area (Å²) >= 11 is 0. The Morgan fingerprint density at radius 2 is 2.00 bits per heavy atom. The monoisotopic (exact) mass is 307 g/mol. The van der Waals surface area contributed by atoms with Gasteiger partial charge in [0.2, 0.25) is 0 Å². The minimum atomic E-state index is -4.04. The first-order valence-corrected chi connectivity index (χ1v) is 8.26. The van der Waals surface area contributed by atoms with Crippen molar-refractivity contribution >= 4 is 19.7 Å². The van der Waals surface area contributed by atoms with Crippen molar-refractivity contribution in [2.24, 2.45) is 0 Å². The van der Waals surface area contributed by atoms with Crippen LogP contribution in [0.2, 0.25) is 0 Å². The van der Waals surface area contributed by atoms with E-state index < -0.39 is 19.8 Å². The molecule has 0 amide bonds. The van der Waals surface area contributed by atoms with Crippen molar-refractivity contribution in [3.63, 3.8) is 0 Å². The first-order valence-electron chi connectivity index (χ1n) is 5.95. The molecule has 1 saturated heterocycles.